The van der Waals surface area contributed by atoms with Gasteiger partial charge < -0.3 is 5.32 Å². The van der Waals surface area contributed by atoms with Gasteiger partial charge in [-0.05, 0) is 61.4 Å². The van der Waals surface area contributed by atoms with Crippen LogP contribution in [0.2, 0.25) is 0 Å². The molecular formula is C19H23N. The lowest BCUT2D eigenvalue weighted by Crippen LogP contribution is -2.19. The van der Waals surface area contributed by atoms with Gasteiger partial charge in [-0.1, -0.05) is 48.5 Å². The number of aryl methyl sites for hydroxylation is 2. The number of benzene rings is 2. The van der Waals surface area contributed by atoms with E-state index in [0.29, 0.717) is 6.04 Å². The Morgan fingerprint density at radius 1 is 0.950 bits per heavy atom. The zero-order valence-electron chi connectivity index (χ0n) is 12.2. The van der Waals surface area contributed by atoms with E-state index in [-0.39, 0.29) is 0 Å². The highest BCUT2D eigenvalue weighted by molar-refractivity contribution is 5.36. The molecule has 0 saturated carbocycles. The molecule has 0 saturated heterocycles. The molecule has 1 aliphatic carbocycles. The molecule has 1 heteroatoms. The fourth-order valence-electron chi connectivity index (χ4n) is 3.21. The van der Waals surface area contributed by atoms with Crippen molar-refractivity contribution >= 4 is 0 Å². The molecule has 0 amide bonds. The van der Waals surface area contributed by atoms with Crippen molar-refractivity contribution in [2.24, 2.45) is 0 Å². The molecule has 0 bridgehead atoms. The molecule has 0 aliphatic heterocycles. The molecule has 1 aliphatic rings. The molecule has 1 N–H and O–H groups in total. The van der Waals surface area contributed by atoms with Gasteiger partial charge in [0.1, 0.15) is 0 Å². The third-order valence-corrected chi connectivity index (χ3v) is 4.41. The largest absolute Gasteiger partial charge is 0.313 e. The summed E-state index contributed by atoms with van der Waals surface area (Å²) >= 11 is 0. The van der Waals surface area contributed by atoms with Crippen LogP contribution in [0.1, 0.15) is 41.1 Å². The van der Waals surface area contributed by atoms with Crippen LogP contribution in [-0.4, -0.2) is 7.05 Å². The number of rotatable bonds is 4. The third kappa shape index (κ3) is 2.94. The van der Waals surface area contributed by atoms with Gasteiger partial charge in [0.25, 0.3) is 0 Å². The Hall–Kier alpha value is -1.60. The van der Waals surface area contributed by atoms with Crippen LogP contribution >= 0.6 is 0 Å². The molecule has 3 rings (SSSR count). The summed E-state index contributed by atoms with van der Waals surface area (Å²) in [5, 5.41) is 3.47. The molecule has 1 nitrogen and oxygen atoms in total. The molecule has 0 radical (unpaired) electrons. The van der Waals surface area contributed by atoms with Crippen molar-refractivity contribution in [2.45, 2.75) is 38.1 Å². The predicted octanol–water partition coefficient (Wildman–Crippen LogP) is 4.07. The average Bonchev–Trinajstić information content (AvgIpc) is 2.53. The summed E-state index contributed by atoms with van der Waals surface area (Å²) in [4.78, 5) is 0. The second-order valence-electron chi connectivity index (χ2n) is 5.77. The van der Waals surface area contributed by atoms with Gasteiger partial charge in [-0.2, -0.15) is 0 Å². The average molecular weight is 265 g/mol. The summed E-state index contributed by atoms with van der Waals surface area (Å²) < 4.78 is 0. The zero-order chi connectivity index (χ0) is 13.8. The van der Waals surface area contributed by atoms with Crippen LogP contribution < -0.4 is 5.32 Å². The van der Waals surface area contributed by atoms with Crippen LogP contribution in [0.4, 0.5) is 0 Å². The molecule has 20 heavy (non-hydrogen) atoms. The van der Waals surface area contributed by atoms with Gasteiger partial charge >= 0.3 is 0 Å². The van der Waals surface area contributed by atoms with Gasteiger partial charge in [-0.15, -0.1) is 0 Å². The number of fused-ring (bicyclic) bond motifs is 1. The highest BCUT2D eigenvalue weighted by Gasteiger charge is 2.14. The lowest BCUT2D eigenvalue weighted by atomic mass is 9.88. The molecule has 2 aromatic carbocycles. The van der Waals surface area contributed by atoms with Crippen LogP contribution in [0.3, 0.4) is 0 Å². The molecule has 104 valence electrons. The van der Waals surface area contributed by atoms with Gasteiger partial charge in [0.2, 0.25) is 0 Å². The minimum Gasteiger partial charge on any atom is -0.313 e. The van der Waals surface area contributed by atoms with Crippen LogP contribution in [0.15, 0.2) is 48.5 Å². The van der Waals surface area contributed by atoms with E-state index >= 15 is 0 Å². The summed E-state index contributed by atoms with van der Waals surface area (Å²) in [7, 11) is 2.06. The Labute approximate surface area is 122 Å². The van der Waals surface area contributed by atoms with Gasteiger partial charge in [0.15, 0.2) is 0 Å². The highest BCUT2D eigenvalue weighted by Crippen LogP contribution is 2.26. The smallest absolute Gasteiger partial charge is 0.0358 e. The van der Waals surface area contributed by atoms with Crippen LogP contribution in [0.25, 0.3) is 0 Å². The van der Waals surface area contributed by atoms with Crippen molar-refractivity contribution < 1.29 is 0 Å². The van der Waals surface area contributed by atoms with Gasteiger partial charge in [-0.25, -0.2) is 0 Å². The van der Waals surface area contributed by atoms with Crippen molar-refractivity contribution in [3.63, 3.8) is 0 Å². The Kier molecular flexibility index (Phi) is 4.17. The van der Waals surface area contributed by atoms with Crippen molar-refractivity contribution in [3.05, 3.63) is 70.8 Å². The first kappa shape index (κ1) is 13.4. The molecule has 0 heterocycles. The molecule has 1 atom stereocenters. The van der Waals surface area contributed by atoms with E-state index in [1.54, 1.807) is 11.1 Å². The van der Waals surface area contributed by atoms with Gasteiger partial charge in [0.05, 0.1) is 0 Å². The first-order chi connectivity index (χ1) is 9.86. The minimum absolute atomic E-state index is 0.407. The van der Waals surface area contributed by atoms with E-state index < -0.39 is 0 Å². The van der Waals surface area contributed by atoms with Crippen LogP contribution in [-0.2, 0) is 19.3 Å². The van der Waals surface area contributed by atoms with E-state index in [0.717, 1.165) is 6.42 Å². The lowest BCUT2D eigenvalue weighted by molar-refractivity contribution is 0.588. The number of nitrogens with one attached hydrogen (secondary N) is 1. The molecular weight excluding hydrogens is 242 g/mol. The second-order valence-corrected chi connectivity index (χ2v) is 5.77. The normalized spacial score (nSPS) is 15.7. The summed E-state index contributed by atoms with van der Waals surface area (Å²) in [6.45, 7) is 0. The standard InChI is InChI=1S/C19H23N/c1-20-19(13-15-7-3-2-4-8-15)18-12-11-16-9-5-6-10-17(16)14-18/h2-4,7-8,11-12,14,19-20H,5-6,9-10,13H2,1H3. The van der Waals surface area contributed by atoms with E-state index in [1.165, 1.54) is 36.8 Å². The topological polar surface area (TPSA) is 12.0 Å². The number of likely N-dealkylation sites (N-methyl/N-ethyl adjacent to an activating group) is 1. The maximum Gasteiger partial charge on any atom is 0.0358 e. The second kappa shape index (κ2) is 6.23. The SMILES string of the molecule is CNC(Cc1ccccc1)c1ccc2c(c1)CCCC2. The summed E-state index contributed by atoms with van der Waals surface area (Å²) in [5.41, 5.74) is 5.96. The Balaban J connectivity index is 1.82. The Morgan fingerprint density at radius 2 is 1.70 bits per heavy atom. The van der Waals surface area contributed by atoms with Gasteiger partial charge in [0, 0.05) is 6.04 Å². The monoisotopic (exact) mass is 265 g/mol. The summed E-state index contributed by atoms with van der Waals surface area (Å²) in [6, 6.07) is 18.2. The summed E-state index contributed by atoms with van der Waals surface area (Å²) in [5.74, 6) is 0. The Morgan fingerprint density at radius 3 is 2.45 bits per heavy atom. The van der Waals surface area contributed by atoms with Crippen LogP contribution in [0, 0.1) is 0 Å². The fraction of sp³-hybridized carbons (Fsp3) is 0.368. The minimum atomic E-state index is 0.407. The molecule has 0 spiro atoms. The molecule has 0 aromatic heterocycles. The van der Waals surface area contributed by atoms with E-state index in [2.05, 4.69) is 60.9 Å². The first-order valence-corrected chi connectivity index (χ1v) is 7.69. The third-order valence-electron chi connectivity index (χ3n) is 4.41. The maximum atomic E-state index is 3.47. The lowest BCUT2D eigenvalue weighted by Gasteiger charge is -2.21. The maximum absolute atomic E-state index is 3.47. The van der Waals surface area contributed by atoms with Gasteiger partial charge in [-0.3, -0.25) is 0 Å². The van der Waals surface area contributed by atoms with E-state index in [4.69, 9.17) is 0 Å². The Bertz CT molecular complexity index is 559. The predicted molar refractivity (Wildman–Crippen MR) is 85.0 cm³/mol. The van der Waals surface area contributed by atoms with E-state index in [9.17, 15) is 0 Å². The number of hydrogen-bond donors (Lipinski definition) is 1. The molecule has 0 fully saturated rings. The fourth-order valence-corrected chi connectivity index (χ4v) is 3.21. The van der Waals surface area contributed by atoms with Crippen molar-refractivity contribution in [3.8, 4) is 0 Å². The molecule has 2 aromatic rings. The van der Waals surface area contributed by atoms with Crippen molar-refractivity contribution in [1.29, 1.82) is 0 Å². The summed E-state index contributed by atoms with van der Waals surface area (Å²) in [6.07, 6.45) is 6.27. The van der Waals surface area contributed by atoms with E-state index in [1.807, 2.05) is 0 Å². The van der Waals surface area contributed by atoms with Crippen LogP contribution in [0.5, 0.6) is 0 Å². The van der Waals surface area contributed by atoms with Crippen molar-refractivity contribution in [1.82, 2.24) is 5.32 Å². The zero-order valence-corrected chi connectivity index (χ0v) is 12.2. The van der Waals surface area contributed by atoms with Crippen molar-refractivity contribution in [2.75, 3.05) is 7.05 Å². The quantitative estimate of drug-likeness (QED) is 0.878. The first-order valence-electron chi connectivity index (χ1n) is 7.69. The molecule has 1 unspecified atom stereocenters. The number of hydrogen-bond acceptors (Lipinski definition) is 1. The highest BCUT2D eigenvalue weighted by atomic mass is 14.9.